The molecule has 8 heteroatoms. The van der Waals surface area contributed by atoms with Gasteiger partial charge in [0.25, 0.3) is 0 Å². The van der Waals surface area contributed by atoms with E-state index in [9.17, 15) is 9.59 Å². The van der Waals surface area contributed by atoms with Crippen molar-refractivity contribution in [2.45, 2.75) is 52.5 Å². The van der Waals surface area contributed by atoms with Gasteiger partial charge in [-0.2, -0.15) is 4.98 Å². The maximum Gasteiger partial charge on any atom is 0.230 e. The third kappa shape index (κ3) is 4.07. The second-order valence-corrected chi connectivity index (χ2v) is 8.20. The number of aromatic nitrogens is 4. The van der Waals surface area contributed by atoms with E-state index in [0.29, 0.717) is 28.7 Å². The van der Waals surface area contributed by atoms with Crippen molar-refractivity contribution in [3.8, 4) is 11.5 Å². The Morgan fingerprint density at radius 2 is 1.97 bits per heavy atom. The van der Waals surface area contributed by atoms with E-state index in [1.165, 1.54) is 6.92 Å². The highest BCUT2D eigenvalue weighted by molar-refractivity contribution is 6.05. The van der Waals surface area contributed by atoms with E-state index in [1.807, 2.05) is 39.0 Å². The molecule has 1 unspecified atom stereocenters. The first-order valence-corrected chi connectivity index (χ1v) is 10.6. The van der Waals surface area contributed by atoms with Crippen LogP contribution in [0.5, 0.6) is 0 Å². The molecule has 8 nitrogen and oxygen atoms in total. The van der Waals surface area contributed by atoms with E-state index in [1.54, 1.807) is 6.20 Å². The first-order valence-electron chi connectivity index (χ1n) is 10.6. The molecule has 31 heavy (non-hydrogen) atoms. The summed E-state index contributed by atoms with van der Waals surface area (Å²) in [6.45, 7) is 8.65. The lowest BCUT2D eigenvalue weighted by Gasteiger charge is -2.34. The fourth-order valence-corrected chi connectivity index (χ4v) is 4.43. The second-order valence-electron chi connectivity index (χ2n) is 8.20. The molecule has 1 aliphatic heterocycles. The SMILES string of the molecule is CC(=O)c1c(C)[nH]c(C(=O)C(C)N2CCC(c3nc(-c4ccccn4)no3)CC2)c1C. The zero-order chi connectivity index (χ0) is 22.1. The molecule has 1 atom stereocenters. The van der Waals surface area contributed by atoms with E-state index in [2.05, 4.69) is 25.0 Å². The van der Waals surface area contributed by atoms with Crippen molar-refractivity contribution < 1.29 is 14.1 Å². The molecule has 1 fully saturated rings. The summed E-state index contributed by atoms with van der Waals surface area (Å²) in [7, 11) is 0. The molecule has 3 aromatic rings. The molecule has 0 spiro atoms. The van der Waals surface area contributed by atoms with Gasteiger partial charge in [0.1, 0.15) is 5.69 Å². The molecule has 1 aliphatic rings. The maximum atomic E-state index is 13.1. The maximum absolute atomic E-state index is 13.1. The number of H-pyrrole nitrogens is 1. The van der Waals surface area contributed by atoms with Crippen molar-refractivity contribution in [1.29, 1.82) is 0 Å². The normalized spacial score (nSPS) is 16.4. The third-order valence-corrected chi connectivity index (χ3v) is 6.18. The van der Waals surface area contributed by atoms with Crippen molar-refractivity contribution in [3.63, 3.8) is 0 Å². The minimum Gasteiger partial charge on any atom is -0.355 e. The fourth-order valence-electron chi connectivity index (χ4n) is 4.43. The number of ketones is 2. The number of aryl methyl sites for hydroxylation is 1. The fraction of sp³-hybridized carbons (Fsp3) is 0.435. The van der Waals surface area contributed by atoms with Gasteiger partial charge in [0, 0.05) is 23.4 Å². The van der Waals surface area contributed by atoms with Crippen LogP contribution in [0.15, 0.2) is 28.9 Å². The number of hydrogen-bond acceptors (Lipinski definition) is 7. The van der Waals surface area contributed by atoms with Crippen molar-refractivity contribution in [1.82, 2.24) is 25.0 Å². The van der Waals surface area contributed by atoms with E-state index in [4.69, 9.17) is 4.52 Å². The molecule has 0 bridgehead atoms. The number of pyridine rings is 1. The Labute approximate surface area is 181 Å². The van der Waals surface area contributed by atoms with Gasteiger partial charge in [0.2, 0.25) is 11.7 Å². The van der Waals surface area contributed by atoms with Crippen molar-refractivity contribution in [3.05, 3.63) is 52.8 Å². The minimum atomic E-state index is -0.274. The molecule has 0 aromatic carbocycles. The summed E-state index contributed by atoms with van der Waals surface area (Å²) in [5, 5.41) is 4.07. The number of piperidine rings is 1. The first kappa shape index (κ1) is 21.1. The van der Waals surface area contributed by atoms with Crippen molar-refractivity contribution in [2.75, 3.05) is 13.1 Å². The molecule has 4 heterocycles. The lowest BCUT2D eigenvalue weighted by molar-refractivity contribution is 0.0783. The first-order chi connectivity index (χ1) is 14.9. The summed E-state index contributed by atoms with van der Waals surface area (Å²) in [6, 6.07) is 5.32. The lowest BCUT2D eigenvalue weighted by atomic mass is 9.94. The topological polar surface area (TPSA) is 105 Å². The molecule has 162 valence electrons. The van der Waals surface area contributed by atoms with Crippen LogP contribution in [0.4, 0.5) is 0 Å². The molecule has 0 radical (unpaired) electrons. The molecule has 0 aliphatic carbocycles. The summed E-state index contributed by atoms with van der Waals surface area (Å²) >= 11 is 0. The Morgan fingerprint density at radius 1 is 1.23 bits per heavy atom. The van der Waals surface area contributed by atoms with E-state index >= 15 is 0 Å². The van der Waals surface area contributed by atoms with Gasteiger partial charge in [-0.1, -0.05) is 11.2 Å². The van der Waals surface area contributed by atoms with Gasteiger partial charge in [0.15, 0.2) is 11.6 Å². The summed E-state index contributed by atoms with van der Waals surface area (Å²) in [6.07, 6.45) is 3.38. The van der Waals surface area contributed by atoms with Crippen molar-refractivity contribution in [2.24, 2.45) is 0 Å². The summed E-state index contributed by atoms with van der Waals surface area (Å²) < 4.78 is 5.50. The van der Waals surface area contributed by atoms with Crippen LogP contribution < -0.4 is 0 Å². The number of hydrogen-bond donors (Lipinski definition) is 1. The average Bonchev–Trinajstić information content (AvgIpc) is 3.38. The van der Waals surface area contributed by atoms with Crippen LogP contribution >= 0.6 is 0 Å². The van der Waals surface area contributed by atoms with Gasteiger partial charge in [-0.25, -0.2) is 0 Å². The molecule has 1 saturated heterocycles. The molecule has 0 amide bonds. The Hall–Kier alpha value is -3.13. The van der Waals surface area contributed by atoms with Crippen LogP contribution in [0.3, 0.4) is 0 Å². The van der Waals surface area contributed by atoms with E-state index in [0.717, 1.165) is 37.2 Å². The number of carbonyl (C=O) groups excluding carboxylic acids is 2. The molecule has 4 rings (SSSR count). The van der Waals surface area contributed by atoms with E-state index < -0.39 is 0 Å². The molecule has 0 saturated carbocycles. The number of carbonyl (C=O) groups is 2. The number of Topliss-reactive ketones (excluding diaryl/α,β-unsaturated/α-hetero) is 2. The number of nitrogens with one attached hydrogen (secondary N) is 1. The largest absolute Gasteiger partial charge is 0.355 e. The summed E-state index contributed by atoms with van der Waals surface area (Å²) in [5.41, 5.74) is 3.34. The predicted octanol–water partition coefficient (Wildman–Crippen LogP) is 3.73. The number of rotatable bonds is 6. The van der Waals surface area contributed by atoms with Gasteiger partial charge in [-0.3, -0.25) is 19.5 Å². The van der Waals surface area contributed by atoms with Crippen LogP contribution in [0.25, 0.3) is 11.5 Å². The van der Waals surface area contributed by atoms with Gasteiger partial charge >= 0.3 is 0 Å². The third-order valence-electron chi connectivity index (χ3n) is 6.18. The summed E-state index contributed by atoms with van der Waals surface area (Å²) in [5.74, 6) is 1.29. The molecule has 3 aromatic heterocycles. The molecule has 1 N–H and O–H groups in total. The number of likely N-dealkylation sites (tertiary alicyclic amines) is 1. The van der Waals surface area contributed by atoms with E-state index in [-0.39, 0.29) is 23.5 Å². The van der Waals surface area contributed by atoms with Crippen LogP contribution in [0.1, 0.15) is 70.6 Å². The van der Waals surface area contributed by atoms with Crippen LogP contribution in [-0.4, -0.2) is 55.7 Å². The standard InChI is InChI=1S/C23H27N5O3/c1-13-19(16(4)29)14(2)25-20(13)21(30)15(3)28-11-8-17(9-12-28)23-26-22(27-31-23)18-7-5-6-10-24-18/h5-7,10,15,17,25H,8-9,11-12H2,1-4H3. The Balaban J connectivity index is 1.41. The lowest BCUT2D eigenvalue weighted by Crippen LogP contribution is -2.44. The number of nitrogens with zero attached hydrogens (tertiary/aromatic N) is 4. The second kappa shape index (κ2) is 8.55. The van der Waals surface area contributed by atoms with Gasteiger partial charge in [-0.15, -0.1) is 0 Å². The highest BCUT2D eigenvalue weighted by Gasteiger charge is 2.32. The smallest absolute Gasteiger partial charge is 0.230 e. The summed E-state index contributed by atoms with van der Waals surface area (Å²) in [4.78, 5) is 39.1. The number of aromatic amines is 1. The quantitative estimate of drug-likeness (QED) is 0.605. The Morgan fingerprint density at radius 3 is 2.58 bits per heavy atom. The zero-order valence-corrected chi connectivity index (χ0v) is 18.3. The Kier molecular flexibility index (Phi) is 5.82. The van der Waals surface area contributed by atoms with Gasteiger partial charge in [0.05, 0.1) is 11.7 Å². The van der Waals surface area contributed by atoms with Crippen molar-refractivity contribution >= 4 is 11.6 Å². The average molecular weight is 422 g/mol. The predicted molar refractivity (Wildman–Crippen MR) is 115 cm³/mol. The highest BCUT2D eigenvalue weighted by atomic mass is 16.5. The minimum absolute atomic E-state index is 0.0155. The van der Waals surface area contributed by atoms with Crippen LogP contribution in [0.2, 0.25) is 0 Å². The van der Waals surface area contributed by atoms with Gasteiger partial charge in [-0.05, 0) is 71.3 Å². The van der Waals surface area contributed by atoms with Crippen LogP contribution in [0, 0.1) is 13.8 Å². The molecular weight excluding hydrogens is 394 g/mol. The zero-order valence-electron chi connectivity index (χ0n) is 18.3. The molecular formula is C23H27N5O3. The monoisotopic (exact) mass is 421 g/mol. The van der Waals surface area contributed by atoms with Gasteiger partial charge < -0.3 is 9.51 Å². The Bertz CT molecular complexity index is 1090. The highest BCUT2D eigenvalue weighted by Crippen LogP contribution is 2.30. The van der Waals surface area contributed by atoms with Crippen LogP contribution in [-0.2, 0) is 0 Å².